The van der Waals surface area contributed by atoms with Crippen LogP contribution < -0.4 is 10.7 Å². The molecule has 0 aromatic heterocycles. The second-order valence-electron chi connectivity index (χ2n) is 5.58. The molecular weight excluding hydrogens is 300 g/mol. The zero-order valence-electron chi connectivity index (χ0n) is 11.8. The highest BCUT2D eigenvalue weighted by Gasteiger charge is 2.35. The molecule has 3 rings (SSSR count). The topological polar surface area (TPSA) is 79.6 Å². The van der Waals surface area contributed by atoms with Crippen LogP contribution in [0.4, 0.5) is 5.69 Å². The quantitative estimate of drug-likeness (QED) is 0.293. The van der Waals surface area contributed by atoms with Gasteiger partial charge in [-0.3, -0.25) is 15.5 Å². The summed E-state index contributed by atoms with van der Waals surface area (Å²) in [5.74, 6) is 1.26. The lowest BCUT2D eigenvalue weighted by Gasteiger charge is -2.20. The molecule has 0 spiro atoms. The maximum Gasteiger partial charge on any atom is 0.269 e. The van der Waals surface area contributed by atoms with E-state index < -0.39 is 4.92 Å². The van der Waals surface area contributed by atoms with Gasteiger partial charge in [-0.05, 0) is 54.6 Å². The molecule has 2 aliphatic rings. The smallest absolute Gasteiger partial charge is 0.269 e. The van der Waals surface area contributed by atoms with Crippen molar-refractivity contribution in [3.63, 3.8) is 0 Å². The number of hydrazone groups is 1. The van der Waals surface area contributed by atoms with Crippen LogP contribution in [0, 0.1) is 22.0 Å². The molecule has 1 fully saturated rings. The fraction of sp³-hybridized carbons (Fsp3) is 0.333. The number of allylic oxidation sites excluding steroid dienone is 1. The van der Waals surface area contributed by atoms with Gasteiger partial charge in [0.15, 0.2) is 5.11 Å². The van der Waals surface area contributed by atoms with Gasteiger partial charge in [0.05, 0.1) is 11.1 Å². The Hall–Kier alpha value is -2.28. The SMILES string of the molecule is O=[N+]([O-])c1ccc(C=NNC(=S)NC2CC3C=CC2C3)cc1. The van der Waals surface area contributed by atoms with Crippen LogP contribution in [0.3, 0.4) is 0 Å². The number of nitro groups is 1. The molecule has 1 saturated carbocycles. The van der Waals surface area contributed by atoms with Crippen molar-refractivity contribution in [1.29, 1.82) is 0 Å². The van der Waals surface area contributed by atoms with E-state index in [9.17, 15) is 10.1 Å². The molecule has 22 heavy (non-hydrogen) atoms. The van der Waals surface area contributed by atoms with Crippen molar-refractivity contribution in [2.75, 3.05) is 0 Å². The molecule has 2 bridgehead atoms. The summed E-state index contributed by atoms with van der Waals surface area (Å²) in [6.45, 7) is 0. The van der Waals surface area contributed by atoms with Gasteiger partial charge in [-0.25, -0.2) is 0 Å². The fourth-order valence-electron chi connectivity index (χ4n) is 2.99. The van der Waals surface area contributed by atoms with E-state index in [2.05, 4.69) is 28.0 Å². The van der Waals surface area contributed by atoms with Crippen LogP contribution in [-0.2, 0) is 0 Å². The lowest BCUT2D eigenvalue weighted by atomic mass is 10.0. The van der Waals surface area contributed by atoms with Crippen molar-refractivity contribution in [3.05, 3.63) is 52.1 Å². The highest BCUT2D eigenvalue weighted by Crippen LogP contribution is 2.38. The lowest BCUT2D eigenvalue weighted by Crippen LogP contribution is -2.42. The first-order valence-corrected chi connectivity index (χ1v) is 7.55. The maximum atomic E-state index is 10.6. The minimum atomic E-state index is -0.429. The molecular formula is C15H16N4O2S. The minimum absolute atomic E-state index is 0.0617. The van der Waals surface area contributed by atoms with Gasteiger partial charge in [0, 0.05) is 18.2 Å². The van der Waals surface area contributed by atoms with Crippen molar-refractivity contribution < 1.29 is 4.92 Å². The highest BCUT2D eigenvalue weighted by atomic mass is 32.1. The van der Waals surface area contributed by atoms with E-state index in [0.717, 1.165) is 12.0 Å². The predicted molar refractivity (Wildman–Crippen MR) is 88.7 cm³/mol. The van der Waals surface area contributed by atoms with E-state index in [1.54, 1.807) is 18.3 Å². The zero-order valence-corrected chi connectivity index (χ0v) is 12.6. The molecule has 0 amide bonds. The molecule has 1 aromatic carbocycles. The van der Waals surface area contributed by atoms with Crippen LogP contribution in [0.25, 0.3) is 0 Å². The molecule has 2 N–H and O–H groups in total. The van der Waals surface area contributed by atoms with Gasteiger partial charge in [0.1, 0.15) is 0 Å². The van der Waals surface area contributed by atoms with Gasteiger partial charge in [0.2, 0.25) is 0 Å². The van der Waals surface area contributed by atoms with Crippen LogP contribution in [0.2, 0.25) is 0 Å². The Morgan fingerprint density at radius 1 is 1.32 bits per heavy atom. The van der Waals surface area contributed by atoms with Crippen molar-refractivity contribution in [3.8, 4) is 0 Å². The summed E-state index contributed by atoms with van der Waals surface area (Å²) in [5.41, 5.74) is 3.62. The predicted octanol–water partition coefficient (Wildman–Crippen LogP) is 2.36. The number of hydrogen-bond acceptors (Lipinski definition) is 4. The molecule has 3 unspecified atom stereocenters. The molecule has 2 aliphatic carbocycles. The fourth-order valence-corrected chi connectivity index (χ4v) is 3.20. The molecule has 0 aliphatic heterocycles. The molecule has 114 valence electrons. The lowest BCUT2D eigenvalue weighted by molar-refractivity contribution is -0.384. The maximum absolute atomic E-state index is 10.6. The molecule has 7 heteroatoms. The van der Waals surface area contributed by atoms with Crippen LogP contribution in [0.1, 0.15) is 18.4 Å². The first-order chi connectivity index (χ1) is 10.6. The van der Waals surface area contributed by atoms with Gasteiger partial charge in [-0.1, -0.05) is 12.2 Å². The largest absolute Gasteiger partial charge is 0.358 e. The monoisotopic (exact) mass is 316 g/mol. The number of rotatable bonds is 4. The summed E-state index contributed by atoms with van der Waals surface area (Å²) in [4.78, 5) is 10.1. The third-order valence-electron chi connectivity index (χ3n) is 4.08. The summed E-state index contributed by atoms with van der Waals surface area (Å²) < 4.78 is 0. The van der Waals surface area contributed by atoms with Crippen molar-refractivity contribution >= 4 is 29.2 Å². The summed E-state index contributed by atoms with van der Waals surface area (Å²) >= 11 is 5.23. The van der Waals surface area contributed by atoms with E-state index in [-0.39, 0.29) is 5.69 Å². The van der Waals surface area contributed by atoms with Gasteiger partial charge < -0.3 is 5.32 Å². The Labute approximate surface area is 133 Å². The van der Waals surface area contributed by atoms with E-state index in [4.69, 9.17) is 12.2 Å². The number of benzene rings is 1. The minimum Gasteiger partial charge on any atom is -0.358 e. The van der Waals surface area contributed by atoms with Crippen LogP contribution >= 0.6 is 12.2 Å². The zero-order chi connectivity index (χ0) is 15.5. The molecule has 1 aromatic rings. The third kappa shape index (κ3) is 3.30. The molecule has 0 saturated heterocycles. The van der Waals surface area contributed by atoms with Crippen LogP contribution in [0.15, 0.2) is 41.5 Å². The number of nitrogens with zero attached hydrogens (tertiary/aromatic N) is 2. The van der Waals surface area contributed by atoms with Crippen LogP contribution in [0.5, 0.6) is 0 Å². The number of fused-ring (bicyclic) bond motifs is 2. The first kappa shape index (κ1) is 14.6. The number of non-ortho nitro benzene ring substituents is 1. The van der Waals surface area contributed by atoms with Gasteiger partial charge in [0.25, 0.3) is 5.69 Å². The Bertz CT molecular complexity index is 641. The third-order valence-corrected chi connectivity index (χ3v) is 4.29. The van der Waals surface area contributed by atoms with E-state index in [1.165, 1.54) is 18.6 Å². The van der Waals surface area contributed by atoms with E-state index in [1.807, 2.05) is 0 Å². The molecule has 0 radical (unpaired) electrons. The van der Waals surface area contributed by atoms with Gasteiger partial charge >= 0.3 is 0 Å². The second-order valence-corrected chi connectivity index (χ2v) is 5.99. The molecule has 0 heterocycles. The Kier molecular flexibility index (Phi) is 4.15. The van der Waals surface area contributed by atoms with Crippen molar-refractivity contribution in [2.45, 2.75) is 18.9 Å². The summed E-state index contributed by atoms with van der Waals surface area (Å²) in [6, 6.07) is 6.56. The van der Waals surface area contributed by atoms with Crippen molar-refractivity contribution in [2.24, 2.45) is 16.9 Å². The average molecular weight is 316 g/mol. The summed E-state index contributed by atoms with van der Waals surface area (Å²) in [5, 5.41) is 18.4. The highest BCUT2D eigenvalue weighted by molar-refractivity contribution is 7.80. The Morgan fingerprint density at radius 2 is 2.09 bits per heavy atom. The second kappa shape index (κ2) is 6.23. The Morgan fingerprint density at radius 3 is 2.68 bits per heavy atom. The van der Waals surface area contributed by atoms with Crippen LogP contribution in [-0.4, -0.2) is 22.3 Å². The normalized spacial score (nSPS) is 25.5. The van der Waals surface area contributed by atoms with E-state index in [0.29, 0.717) is 23.0 Å². The van der Waals surface area contributed by atoms with Gasteiger partial charge in [-0.2, -0.15) is 5.10 Å². The number of nitro benzene ring substituents is 1. The van der Waals surface area contributed by atoms with Crippen molar-refractivity contribution in [1.82, 2.24) is 10.7 Å². The van der Waals surface area contributed by atoms with E-state index >= 15 is 0 Å². The molecule has 6 nitrogen and oxygen atoms in total. The summed E-state index contributed by atoms with van der Waals surface area (Å²) in [6.07, 6.45) is 8.46. The summed E-state index contributed by atoms with van der Waals surface area (Å²) in [7, 11) is 0. The number of thiocarbonyl (C=S) groups is 1. The Balaban J connectivity index is 1.48. The number of hydrogen-bond donors (Lipinski definition) is 2. The van der Waals surface area contributed by atoms with Gasteiger partial charge in [-0.15, -0.1) is 0 Å². The number of nitrogens with one attached hydrogen (secondary N) is 2. The standard InChI is InChI=1S/C15H16N4O2S/c20-19(21)13-5-2-10(3-6-13)9-16-18-15(22)17-14-8-11-1-4-12(14)7-11/h1-6,9,11-12,14H,7-8H2,(H2,17,18,22). The molecule has 3 atom stereocenters. The average Bonchev–Trinajstić information content (AvgIpc) is 3.10. The first-order valence-electron chi connectivity index (χ1n) is 7.14.